The average molecular weight is 160 g/mol. The van der Waals surface area contributed by atoms with E-state index in [0.29, 0.717) is 0 Å². The van der Waals surface area contributed by atoms with Gasteiger partial charge in [-0.15, -0.1) is 0 Å². The number of rotatable bonds is 3. The van der Waals surface area contributed by atoms with Gasteiger partial charge in [0.1, 0.15) is 0 Å². The summed E-state index contributed by atoms with van der Waals surface area (Å²) in [6, 6.07) is 0. The molecule has 0 fully saturated rings. The van der Waals surface area contributed by atoms with Crippen molar-refractivity contribution in [3.8, 4) is 0 Å². The third kappa shape index (κ3) is 4.15. The molecule has 0 aliphatic heterocycles. The van der Waals surface area contributed by atoms with Gasteiger partial charge in [-0.05, 0) is 26.2 Å². The van der Waals surface area contributed by atoms with E-state index in [0.717, 1.165) is 0 Å². The molecule has 0 spiro atoms. The molecule has 1 rings (SSSR count). The minimum atomic E-state index is 0. The van der Waals surface area contributed by atoms with E-state index in [9.17, 15) is 0 Å². The van der Waals surface area contributed by atoms with E-state index in [-0.39, 0.29) is 29.6 Å². The second kappa shape index (κ2) is 6.05. The van der Waals surface area contributed by atoms with Crippen molar-refractivity contribution in [2.24, 2.45) is 0 Å². The summed E-state index contributed by atoms with van der Waals surface area (Å²) in [5.74, 6) is 0. The van der Waals surface area contributed by atoms with Crippen molar-refractivity contribution in [1.82, 2.24) is 0 Å². The Hall–Kier alpha value is 0.480. The molecule has 1 aliphatic carbocycles. The Morgan fingerprint density at radius 1 is 1.45 bits per heavy atom. The fourth-order valence-corrected chi connectivity index (χ4v) is 1.28. The SMILES string of the molecule is CCCCC1=CCC(C)=C1.[NaH]. The van der Waals surface area contributed by atoms with Crippen molar-refractivity contribution < 1.29 is 0 Å². The maximum atomic E-state index is 2.35. The number of hydrogen-bond acceptors (Lipinski definition) is 0. The van der Waals surface area contributed by atoms with Crippen LogP contribution in [0.5, 0.6) is 0 Å². The molecule has 0 aromatic carbocycles. The van der Waals surface area contributed by atoms with Crippen LogP contribution in [0.3, 0.4) is 0 Å². The van der Waals surface area contributed by atoms with Gasteiger partial charge in [0, 0.05) is 0 Å². The van der Waals surface area contributed by atoms with E-state index in [4.69, 9.17) is 0 Å². The van der Waals surface area contributed by atoms with Crippen molar-refractivity contribution >= 4 is 29.6 Å². The zero-order valence-corrected chi connectivity index (χ0v) is 6.98. The second-order valence-corrected chi connectivity index (χ2v) is 3.08. The Balaban J connectivity index is 0.000001000. The number of allylic oxidation sites excluding steroid dienone is 4. The molecule has 58 valence electrons. The van der Waals surface area contributed by atoms with E-state index < -0.39 is 0 Å². The molecule has 0 amide bonds. The monoisotopic (exact) mass is 160 g/mol. The van der Waals surface area contributed by atoms with Gasteiger partial charge in [0.2, 0.25) is 0 Å². The van der Waals surface area contributed by atoms with Crippen molar-refractivity contribution in [3.05, 3.63) is 23.3 Å². The van der Waals surface area contributed by atoms with Crippen molar-refractivity contribution in [3.63, 3.8) is 0 Å². The summed E-state index contributed by atoms with van der Waals surface area (Å²) in [5.41, 5.74) is 3.07. The molecule has 0 aromatic heterocycles. The molecule has 0 radical (unpaired) electrons. The van der Waals surface area contributed by atoms with Crippen LogP contribution in [-0.4, -0.2) is 29.6 Å². The molecule has 0 saturated heterocycles. The van der Waals surface area contributed by atoms with Crippen LogP contribution in [0.15, 0.2) is 23.3 Å². The molecule has 1 heteroatoms. The van der Waals surface area contributed by atoms with Gasteiger partial charge in [-0.3, -0.25) is 0 Å². The van der Waals surface area contributed by atoms with Crippen LogP contribution in [0.2, 0.25) is 0 Å². The first kappa shape index (κ1) is 11.5. The van der Waals surface area contributed by atoms with Crippen LogP contribution in [-0.2, 0) is 0 Å². The number of unbranched alkanes of at least 4 members (excludes halogenated alkanes) is 1. The fourth-order valence-electron chi connectivity index (χ4n) is 1.28. The number of hydrogen-bond donors (Lipinski definition) is 0. The predicted molar refractivity (Wildman–Crippen MR) is 53.1 cm³/mol. The van der Waals surface area contributed by atoms with Gasteiger partial charge in [0.25, 0.3) is 0 Å². The molecule has 0 saturated carbocycles. The van der Waals surface area contributed by atoms with Crippen LogP contribution in [0, 0.1) is 0 Å². The first-order valence-electron chi connectivity index (χ1n) is 4.19. The summed E-state index contributed by atoms with van der Waals surface area (Å²) in [7, 11) is 0. The van der Waals surface area contributed by atoms with E-state index in [1.807, 2.05) is 0 Å². The van der Waals surface area contributed by atoms with E-state index in [1.165, 1.54) is 31.3 Å². The van der Waals surface area contributed by atoms with Crippen molar-refractivity contribution in [2.45, 2.75) is 39.5 Å². The topological polar surface area (TPSA) is 0 Å². The van der Waals surface area contributed by atoms with Crippen LogP contribution in [0.1, 0.15) is 39.5 Å². The molecular weight excluding hydrogens is 143 g/mol. The third-order valence-corrected chi connectivity index (χ3v) is 1.94. The summed E-state index contributed by atoms with van der Waals surface area (Å²) >= 11 is 0. The Labute approximate surface area is 92.1 Å². The molecule has 0 heterocycles. The van der Waals surface area contributed by atoms with Gasteiger partial charge in [0.05, 0.1) is 0 Å². The van der Waals surface area contributed by atoms with Gasteiger partial charge in [-0.25, -0.2) is 0 Å². The Morgan fingerprint density at radius 2 is 2.18 bits per heavy atom. The van der Waals surface area contributed by atoms with Crippen LogP contribution >= 0.6 is 0 Å². The van der Waals surface area contributed by atoms with Crippen molar-refractivity contribution in [2.75, 3.05) is 0 Å². The van der Waals surface area contributed by atoms with Crippen LogP contribution in [0.4, 0.5) is 0 Å². The molecule has 0 unspecified atom stereocenters. The normalized spacial score (nSPS) is 15.5. The molecule has 0 atom stereocenters. The Kier molecular flexibility index (Phi) is 6.31. The molecule has 0 nitrogen and oxygen atoms in total. The Bertz CT molecular complexity index is 166. The predicted octanol–water partition coefficient (Wildman–Crippen LogP) is 2.80. The molecule has 0 bridgehead atoms. The fraction of sp³-hybridized carbons (Fsp3) is 0.600. The summed E-state index contributed by atoms with van der Waals surface area (Å²) in [6.45, 7) is 4.45. The van der Waals surface area contributed by atoms with Crippen LogP contribution in [0.25, 0.3) is 0 Å². The zero-order chi connectivity index (χ0) is 7.40. The molecule has 0 N–H and O–H groups in total. The Morgan fingerprint density at radius 3 is 2.64 bits per heavy atom. The first-order valence-corrected chi connectivity index (χ1v) is 4.19. The first-order chi connectivity index (χ1) is 4.83. The average Bonchev–Trinajstić information content (AvgIpc) is 2.31. The van der Waals surface area contributed by atoms with E-state index in [1.54, 1.807) is 5.57 Å². The zero-order valence-electron chi connectivity index (χ0n) is 6.98. The molecule has 0 aromatic rings. The van der Waals surface area contributed by atoms with Crippen molar-refractivity contribution in [1.29, 1.82) is 0 Å². The molecular formula is C10H17Na. The summed E-state index contributed by atoms with van der Waals surface area (Å²) < 4.78 is 0. The third-order valence-electron chi connectivity index (χ3n) is 1.94. The summed E-state index contributed by atoms with van der Waals surface area (Å²) in [6.07, 6.45) is 9.81. The minimum absolute atomic E-state index is 0. The standard InChI is InChI=1S/C10H16.Na.H/c1-3-4-5-10-7-6-9(2)8-10;;/h7-8H,3-6H2,1-2H3;;. The summed E-state index contributed by atoms with van der Waals surface area (Å²) in [4.78, 5) is 0. The van der Waals surface area contributed by atoms with E-state index in [2.05, 4.69) is 26.0 Å². The van der Waals surface area contributed by atoms with Crippen LogP contribution < -0.4 is 0 Å². The van der Waals surface area contributed by atoms with Gasteiger partial charge >= 0.3 is 29.6 Å². The van der Waals surface area contributed by atoms with E-state index >= 15 is 0 Å². The second-order valence-electron chi connectivity index (χ2n) is 3.08. The quantitative estimate of drug-likeness (QED) is 0.557. The van der Waals surface area contributed by atoms with Gasteiger partial charge in [0.15, 0.2) is 0 Å². The molecule has 1 aliphatic rings. The summed E-state index contributed by atoms with van der Waals surface area (Å²) in [5, 5.41) is 0. The van der Waals surface area contributed by atoms with Gasteiger partial charge in [-0.2, -0.15) is 0 Å². The van der Waals surface area contributed by atoms with Gasteiger partial charge < -0.3 is 0 Å². The van der Waals surface area contributed by atoms with Gasteiger partial charge in [-0.1, -0.05) is 36.6 Å². The maximum absolute atomic E-state index is 2.35. The molecule has 11 heavy (non-hydrogen) atoms.